The fraction of sp³-hybridized carbons (Fsp3) is 0.174. The first-order valence-corrected chi connectivity index (χ1v) is 13.8. The van der Waals surface area contributed by atoms with E-state index in [4.69, 9.17) is 11.6 Å². The summed E-state index contributed by atoms with van der Waals surface area (Å²) in [5.41, 5.74) is 1.40. The summed E-state index contributed by atoms with van der Waals surface area (Å²) in [6, 6.07) is 17.1. The standard InChI is InChI=1S/C23H21ClFN3O4S2/c1-2-33(29,30)27-18-7-5-6-16(14-18)22-15-23(20-8-3-4-9-21(20)25)28(26-22)34(31,32)19-12-10-17(24)11-13-19/h3-14,23,27H,2,15H2,1H3. The zero-order valence-electron chi connectivity index (χ0n) is 18.0. The Balaban J connectivity index is 1.78. The third-order valence-electron chi connectivity index (χ3n) is 5.34. The molecule has 3 aromatic rings. The molecule has 0 fully saturated rings. The molecule has 0 amide bonds. The van der Waals surface area contributed by atoms with Crippen molar-refractivity contribution >= 4 is 43.0 Å². The van der Waals surface area contributed by atoms with Crippen molar-refractivity contribution in [3.8, 4) is 0 Å². The number of anilines is 1. The lowest BCUT2D eigenvalue weighted by atomic mass is 9.98. The Hall–Kier alpha value is -2.95. The zero-order chi connectivity index (χ0) is 24.5. The summed E-state index contributed by atoms with van der Waals surface area (Å²) < 4.78 is 69.0. The number of hydrogen-bond donors (Lipinski definition) is 1. The molecule has 1 aliphatic rings. The van der Waals surface area contributed by atoms with Gasteiger partial charge >= 0.3 is 0 Å². The number of rotatable bonds is 7. The van der Waals surface area contributed by atoms with Gasteiger partial charge < -0.3 is 0 Å². The smallest absolute Gasteiger partial charge is 0.279 e. The van der Waals surface area contributed by atoms with Crippen LogP contribution in [0.15, 0.2) is 82.8 Å². The summed E-state index contributed by atoms with van der Waals surface area (Å²) >= 11 is 5.91. The molecule has 0 aliphatic carbocycles. The Morgan fingerprint density at radius 2 is 1.74 bits per heavy atom. The van der Waals surface area contributed by atoms with Gasteiger partial charge in [-0.05, 0) is 55.0 Å². The van der Waals surface area contributed by atoms with Gasteiger partial charge in [0, 0.05) is 22.7 Å². The highest BCUT2D eigenvalue weighted by Crippen LogP contribution is 2.38. The van der Waals surface area contributed by atoms with Crippen LogP contribution in [0.3, 0.4) is 0 Å². The molecule has 34 heavy (non-hydrogen) atoms. The number of hydrazone groups is 1. The number of nitrogens with one attached hydrogen (secondary N) is 1. The van der Waals surface area contributed by atoms with Gasteiger partial charge in [0.25, 0.3) is 10.0 Å². The second kappa shape index (κ2) is 9.36. The van der Waals surface area contributed by atoms with E-state index >= 15 is 0 Å². The van der Waals surface area contributed by atoms with E-state index in [1.165, 1.54) is 49.4 Å². The van der Waals surface area contributed by atoms with Gasteiger partial charge in [0.2, 0.25) is 10.0 Å². The lowest BCUT2D eigenvalue weighted by molar-refractivity contribution is 0.362. The van der Waals surface area contributed by atoms with Crippen molar-refractivity contribution in [2.75, 3.05) is 10.5 Å². The summed E-state index contributed by atoms with van der Waals surface area (Å²) in [7, 11) is -7.65. The minimum Gasteiger partial charge on any atom is -0.284 e. The van der Waals surface area contributed by atoms with Crippen molar-refractivity contribution in [3.05, 3.63) is 94.8 Å². The molecule has 1 heterocycles. The van der Waals surface area contributed by atoms with Crippen LogP contribution in [-0.2, 0) is 20.0 Å². The van der Waals surface area contributed by atoms with Crippen LogP contribution in [-0.4, -0.2) is 32.7 Å². The van der Waals surface area contributed by atoms with Crippen LogP contribution in [0.2, 0.25) is 5.02 Å². The Kier molecular flexibility index (Phi) is 6.66. The highest BCUT2D eigenvalue weighted by molar-refractivity contribution is 7.92. The summed E-state index contributed by atoms with van der Waals surface area (Å²) in [6.45, 7) is 1.52. The van der Waals surface area contributed by atoms with Crippen molar-refractivity contribution in [1.82, 2.24) is 4.41 Å². The predicted octanol–water partition coefficient (Wildman–Crippen LogP) is 4.78. The number of nitrogens with zero attached hydrogens (tertiary/aromatic N) is 2. The Morgan fingerprint density at radius 3 is 2.41 bits per heavy atom. The van der Waals surface area contributed by atoms with Crippen molar-refractivity contribution in [2.24, 2.45) is 5.10 Å². The molecule has 0 aromatic heterocycles. The lowest BCUT2D eigenvalue weighted by Crippen LogP contribution is -2.27. The Morgan fingerprint density at radius 1 is 1.03 bits per heavy atom. The first-order valence-electron chi connectivity index (χ1n) is 10.3. The molecule has 1 aliphatic heterocycles. The van der Waals surface area contributed by atoms with Crippen molar-refractivity contribution in [2.45, 2.75) is 24.3 Å². The van der Waals surface area contributed by atoms with E-state index in [2.05, 4.69) is 9.82 Å². The first-order chi connectivity index (χ1) is 16.1. The Bertz CT molecular complexity index is 1460. The van der Waals surface area contributed by atoms with E-state index < -0.39 is 31.9 Å². The summed E-state index contributed by atoms with van der Waals surface area (Å²) in [5, 5.41) is 4.75. The number of benzene rings is 3. The molecule has 1 unspecified atom stereocenters. The minimum atomic E-state index is -4.14. The van der Waals surface area contributed by atoms with Crippen LogP contribution < -0.4 is 4.72 Å². The molecular weight excluding hydrogens is 501 g/mol. The lowest BCUT2D eigenvalue weighted by Gasteiger charge is -2.23. The van der Waals surface area contributed by atoms with Crippen LogP contribution in [0.25, 0.3) is 0 Å². The van der Waals surface area contributed by atoms with Crippen LogP contribution in [0.4, 0.5) is 10.1 Å². The van der Waals surface area contributed by atoms with Crippen molar-refractivity contribution < 1.29 is 21.2 Å². The fourth-order valence-corrected chi connectivity index (χ4v) is 5.77. The molecule has 11 heteroatoms. The van der Waals surface area contributed by atoms with Gasteiger partial charge in [-0.2, -0.15) is 17.9 Å². The average molecular weight is 522 g/mol. The van der Waals surface area contributed by atoms with Gasteiger partial charge in [-0.3, -0.25) is 4.72 Å². The maximum absolute atomic E-state index is 14.7. The van der Waals surface area contributed by atoms with E-state index in [0.29, 0.717) is 22.0 Å². The van der Waals surface area contributed by atoms with Crippen LogP contribution in [0, 0.1) is 5.82 Å². The molecule has 4 rings (SSSR count). The molecule has 0 saturated carbocycles. The number of halogens is 2. The molecule has 1 atom stereocenters. The molecule has 0 bridgehead atoms. The minimum absolute atomic E-state index is 0.0345. The van der Waals surface area contributed by atoms with Crippen molar-refractivity contribution in [3.63, 3.8) is 0 Å². The molecule has 3 aromatic carbocycles. The number of hydrogen-bond acceptors (Lipinski definition) is 5. The molecular formula is C23H21ClFN3O4S2. The second-order valence-electron chi connectivity index (χ2n) is 7.61. The highest BCUT2D eigenvalue weighted by Gasteiger charge is 2.39. The largest absolute Gasteiger partial charge is 0.284 e. The zero-order valence-corrected chi connectivity index (χ0v) is 20.4. The van der Waals surface area contributed by atoms with Gasteiger partial charge in [-0.1, -0.05) is 41.9 Å². The normalized spacial score (nSPS) is 16.4. The molecule has 0 saturated heterocycles. The maximum Gasteiger partial charge on any atom is 0.279 e. The third-order valence-corrected chi connectivity index (χ3v) is 8.60. The van der Waals surface area contributed by atoms with Crippen molar-refractivity contribution in [1.29, 1.82) is 0 Å². The van der Waals surface area contributed by atoms with Gasteiger partial charge in [0.1, 0.15) is 5.82 Å². The summed E-state index contributed by atoms with van der Waals surface area (Å²) in [4.78, 5) is -0.0345. The Labute approximate surface area is 203 Å². The van der Waals surface area contributed by atoms with Crippen LogP contribution in [0.1, 0.15) is 30.5 Å². The first kappa shape index (κ1) is 24.2. The van der Waals surface area contributed by atoms with E-state index in [0.717, 1.165) is 4.41 Å². The number of sulfonamides is 2. The van der Waals surface area contributed by atoms with Crippen LogP contribution >= 0.6 is 11.6 Å². The summed E-state index contributed by atoms with van der Waals surface area (Å²) in [6.07, 6.45) is 0.0950. The molecule has 178 valence electrons. The second-order valence-corrected chi connectivity index (χ2v) is 11.8. The van der Waals surface area contributed by atoms with Crippen LogP contribution in [0.5, 0.6) is 0 Å². The highest BCUT2D eigenvalue weighted by atomic mass is 35.5. The molecule has 0 radical (unpaired) electrons. The molecule has 0 spiro atoms. The SMILES string of the molecule is CCS(=O)(=O)Nc1cccc(C2=NN(S(=O)(=O)c3ccc(Cl)cc3)C(c3ccccc3F)C2)c1. The topological polar surface area (TPSA) is 95.9 Å². The maximum atomic E-state index is 14.7. The van der Waals surface area contributed by atoms with E-state index in [1.807, 2.05) is 0 Å². The molecule has 7 nitrogen and oxygen atoms in total. The van der Waals surface area contributed by atoms with E-state index in [9.17, 15) is 21.2 Å². The fourth-order valence-electron chi connectivity index (χ4n) is 3.59. The van der Waals surface area contributed by atoms with Gasteiger partial charge in [-0.25, -0.2) is 12.8 Å². The summed E-state index contributed by atoms with van der Waals surface area (Å²) in [5.74, 6) is -0.648. The van der Waals surface area contributed by atoms with E-state index in [1.54, 1.807) is 30.3 Å². The quantitative estimate of drug-likeness (QED) is 0.484. The van der Waals surface area contributed by atoms with Gasteiger partial charge in [0.15, 0.2) is 0 Å². The molecule has 1 N–H and O–H groups in total. The van der Waals surface area contributed by atoms with Gasteiger partial charge in [-0.15, -0.1) is 0 Å². The van der Waals surface area contributed by atoms with Gasteiger partial charge in [0.05, 0.1) is 22.4 Å². The average Bonchev–Trinajstić information content (AvgIpc) is 3.26. The monoisotopic (exact) mass is 521 g/mol. The van der Waals surface area contributed by atoms with E-state index in [-0.39, 0.29) is 22.6 Å². The third kappa shape index (κ3) is 4.94. The predicted molar refractivity (Wildman–Crippen MR) is 130 cm³/mol.